The Morgan fingerprint density at radius 3 is 2.43 bits per heavy atom. The first-order valence-electron chi connectivity index (χ1n) is 6.84. The van der Waals surface area contributed by atoms with Crippen molar-refractivity contribution in [2.75, 3.05) is 6.26 Å². The topological polar surface area (TPSA) is 49.4 Å². The molecule has 0 spiro atoms. The normalized spacial score (nSPS) is 18.6. The molecule has 0 aromatic heterocycles. The van der Waals surface area contributed by atoms with Crippen molar-refractivity contribution in [1.82, 2.24) is 9.84 Å². The predicted molar refractivity (Wildman–Crippen MR) is 83.3 cm³/mol. The van der Waals surface area contributed by atoms with Gasteiger partial charge >= 0.3 is 0 Å². The lowest BCUT2D eigenvalue weighted by Gasteiger charge is -2.22. The number of hydrazine groups is 1. The summed E-state index contributed by atoms with van der Waals surface area (Å²) < 4.78 is 52.4. The molecule has 4 nitrogen and oxygen atoms in total. The summed E-state index contributed by atoms with van der Waals surface area (Å²) in [6.45, 7) is 0. The number of nitrogens with one attached hydrogen (secondary N) is 1. The maximum absolute atomic E-state index is 14.0. The monoisotopic (exact) mass is 336 g/mol. The Morgan fingerprint density at radius 1 is 1.09 bits per heavy atom. The minimum absolute atomic E-state index is 0.0166. The summed E-state index contributed by atoms with van der Waals surface area (Å²) in [6, 6.07) is 11.3. The third kappa shape index (κ3) is 3.11. The van der Waals surface area contributed by atoms with Gasteiger partial charge in [0, 0.05) is 5.56 Å². The minimum Gasteiger partial charge on any atom is -0.304 e. The molecule has 0 amide bonds. The van der Waals surface area contributed by atoms with Crippen molar-refractivity contribution in [3.63, 3.8) is 0 Å². The van der Waals surface area contributed by atoms with Gasteiger partial charge in [0.25, 0.3) is 0 Å². The zero-order chi connectivity index (χ0) is 16.6. The maximum atomic E-state index is 14.0. The first-order chi connectivity index (χ1) is 10.9. The highest BCUT2D eigenvalue weighted by molar-refractivity contribution is 7.88. The summed E-state index contributed by atoms with van der Waals surface area (Å²) in [7, 11) is -3.61. The standard InChI is InChI=1S/C16H14F2N2O2S/c1-23(21,22)20-16(11-5-3-2-4-6-11)10-15(19-20)13-9-12(17)7-8-14(13)18/h2-10,16,19H,1H3. The first-order valence-corrected chi connectivity index (χ1v) is 8.69. The van der Waals surface area contributed by atoms with Crippen LogP contribution in [0.25, 0.3) is 5.70 Å². The molecule has 0 saturated heterocycles. The fourth-order valence-corrected chi connectivity index (χ4v) is 3.34. The van der Waals surface area contributed by atoms with Crippen LogP contribution >= 0.6 is 0 Å². The fraction of sp³-hybridized carbons (Fsp3) is 0.125. The summed E-state index contributed by atoms with van der Waals surface area (Å²) in [4.78, 5) is 0. The summed E-state index contributed by atoms with van der Waals surface area (Å²) in [5.41, 5.74) is 3.58. The quantitative estimate of drug-likeness (QED) is 0.938. The number of hydrogen-bond donors (Lipinski definition) is 1. The van der Waals surface area contributed by atoms with Crippen LogP contribution in [0.5, 0.6) is 0 Å². The van der Waals surface area contributed by atoms with E-state index in [1.165, 1.54) is 0 Å². The van der Waals surface area contributed by atoms with E-state index in [1.807, 2.05) is 6.07 Å². The van der Waals surface area contributed by atoms with Crippen molar-refractivity contribution >= 4 is 15.7 Å². The molecule has 0 radical (unpaired) electrons. The zero-order valence-electron chi connectivity index (χ0n) is 12.2. The van der Waals surface area contributed by atoms with Gasteiger partial charge < -0.3 is 5.43 Å². The number of rotatable bonds is 3. The van der Waals surface area contributed by atoms with Gasteiger partial charge in [-0.25, -0.2) is 17.2 Å². The first kappa shape index (κ1) is 15.6. The number of hydrogen-bond acceptors (Lipinski definition) is 3. The second-order valence-corrected chi connectivity index (χ2v) is 7.09. The van der Waals surface area contributed by atoms with Crippen molar-refractivity contribution < 1.29 is 17.2 Å². The average molecular weight is 336 g/mol. The highest BCUT2D eigenvalue weighted by atomic mass is 32.2. The molecule has 3 rings (SSSR count). The van der Waals surface area contributed by atoms with Crippen LogP contribution in [0.1, 0.15) is 17.2 Å². The molecular weight excluding hydrogens is 322 g/mol. The van der Waals surface area contributed by atoms with E-state index in [9.17, 15) is 17.2 Å². The Balaban J connectivity index is 2.08. The Bertz CT molecular complexity index is 867. The molecular formula is C16H14F2N2O2S. The molecule has 1 aliphatic rings. The molecule has 0 aliphatic carbocycles. The molecule has 0 fully saturated rings. The van der Waals surface area contributed by atoms with Crippen LogP contribution in [0, 0.1) is 11.6 Å². The Hall–Kier alpha value is -2.25. The second kappa shape index (κ2) is 5.75. The zero-order valence-corrected chi connectivity index (χ0v) is 13.0. The van der Waals surface area contributed by atoms with Crippen LogP contribution in [-0.2, 0) is 10.0 Å². The van der Waals surface area contributed by atoms with Crippen molar-refractivity contribution in [3.8, 4) is 0 Å². The highest BCUT2D eigenvalue weighted by Gasteiger charge is 2.33. The molecule has 1 N–H and O–H groups in total. The molecule has 0 bridgehead atoms. The van der Waals surface area contributed by atoms with E-state index in [0.717, 1.165) is 34.4 Å². The SMILES string of the molecule is CS(=O)(=O)N1NC(c2cc(F)ccc2F)=CC1c1ccccc1. The summed E-state index contributed by atoms with van der Waals surface area (Å²) in [5.74, 6) is -1.23. The van der Waals surface area contributed by atoms with Crippen LogP contribution in [-0.4, -0.2) is 19.1 Å². The minimum atomic E-state index is -3.61. The van der Waals surface area contributed by atoms with Gasteiger partial charge in [0.15, 0.2) is 0 Å². The van der Waals surface area contributed by atoms with Crippen molar-refractivity contribution in [2.24, 2.45) is 0 Å². The van der Waals surface area contributed by atoms with E-state index in [-0.39, 0.29) is 11.3 Å². The van der Waals surface area contributed by atoms with Gasteiger partial charge in [0.2, 0.25) is 10.0 Å². The smallest absolute Gasteiger partial charge is 0.228 e. The highest BCUT2D eigenvalue weighted by Crippen LogP contribution is 2.33. The van der Waals surface area contributed by atoms with Gasteiger partial charge in [-0.3, -0.25) is 0 Å². The lowest BCUT2D eigenvalue weighted by atomic mass is 10.1. The molecule has 0 saturated carbocycles. The van der Waals surface area contributed by atoms with Crippen molar-refractivity contribution in [3.05, 3.63) is 77.4 Å². The van der Waals surface area contributed by atoms with E-state index in [4.69, 9.17) is 0 Å². The van der Waals surface area contributed by atoms with Crippen LogP contribution in [0.15, 0.2) is 54.6 Å². The largest absolute Gasteiger partial charge is 0.304 e. The van der Waals surface area contributed by atoms with E-state index < -0.39 is 27.7 Å². The summed E-state index contributed by atoms with van der Waals surface area (Å²) in [6.07, 6.45) is 2.61. The predicted octanol–water partition coefficient (Wildman–Crippen LogP) is 2.83. The average Bonchev–Trinajstić information content (AvgIpc) is 2.96. The second-order valence-electron chi connectivity index (χ2n) is 5.23. The van der Waals surface area contributed by atoms with Crippen LogP contribution in [0.4, 0.5) is 8.78 Å². The Labute approximate surface area is 133 Å². The van der Waals surface area contributed by atoms with E-state index >= 15 is 0 Å². The molecule has 1 atom stereocenters. The molecule has 7 heteroatoms. The van der Waals surface area contributed by atoms with Crippen LogP contribution < -0.4 is 5.43 Å². The number of halogens is 2. The van der Waals surface area contributed by atoms with Gasteiger partial charge in [0.1, 0.15) is 11.6 Å². The van der Waals surface area contributed by atoms with E-state index in [2.05, 4.69) is 5.43 Å². The van der Waals surface area contributed by atoms with Gasteiger partial charge in [-0.1, -0.05) is 30.3 Å². The molecule has 2 aromatic rings. The van der Waals surface area contributed by atoms with Crippen molar-refractivity contribution in [1.29, 1.82) is 0 Å². The Morgan fingerprint density at radius 2 is 1.78 bits per heavy atom. The van der Waals surface area contributed by atoms with Crippen molar-refractivity contribution in [2.45, 2.75) is 6.04 Å². The molecule has 2 aromatic carbocycles. The summed E-state index contributed by atoms with van der Waals surface area (Å²) >= 11 is 0. The van der Waals surface area contributed by atoms with Gasteiger partial charge in [0.05, 0.1) is 18.0 Å². The van der Waals surface area contributed by atoms with Crippen LogP contribution in [0.2, 0.25) is 0 Å². The van der Waals surface area contributed by atoms with Crippen LogP contribution in [0.3, 0.4) is 0 Å². The van der Waals surface area contributed by atoms with Gasteiger partial charge in [-0.2, -0.15) is 0 Å². The van der Waals surface area contributed by atoms with Gasteiger partial charge in [-0.15, -0.1) is 4.41 Å². The van der Waals surface area contributed by atoms with E-state index in [0.29, 0.717) is 0 Å². The third-order valence-corrected chi connectivity index (χ3v) is 4.56. The molecule has 1 heterocycles. The fourth-order valence-electron chi connectivity index (χ4n) is 2.48. The third-order valence-electron chi connectivity index (χ3n) is 3.52. The molecule has 1 unspecified atom stereocenters. The molecule has 120 valence electrons. The molecule has 23 heavy (non-hydrogen) atoms. The number of benzene rings is 2. The molecule has 1 aliphatic heterocycles. The van der Waals surface area contributed by atoms with Gasteiger partial charge in [-0.05, 0) is 29.8 Å². The summed E-state index contributed by atoms with van der Waals surface area (Å²) in [5, 5.41) is 0. The number of sulfonamides is 1. The maximum Gasteiger partial charge on any atom is 0.228 e. The Kier molecular flexibility index (Phi) is 3.91. The van der Waals surface area contributed by atoms with E-state index in [1.54, 1.807) is 30.3 Å². The lowest BCUT2D eigenvalue weighted by Crippen LogP contribution is -2.38. The number of nitrogens with zero attached hydrogens (tertiary/aromatic N) is 1. The lowest BCUT2D eigenvalue weighted by molar-refractivity contribution is 0.351.